The minimum atomic E-state index is -0.156. The summed E-state index contributed by atoms with van der Waals surface area (Å²) < 4.78 is 7.86. The third kappa shape index (κ3) is 4.16. The van der Waals surface area contributed by atoms with Gasteiger partial charge in [-0.15, -0.1) is 0 Å². The number of amides is 2. The van der Waals surface area contributed by atoms with Crippen LogP contribution in [0.15, 0.2) is 71.3 Å². The molecule has 0 atom stereocenters. The van der Waals surface area contributed by atoms with E-state index in [-0.39, 0.29) is 11.8 Å². The molecule has 0 N–H and O–H groups in total. The zero-order valence-electron chi connectivity index (χ0n) is 19.0. The fourth-order valence-corrected chi connectivity index (χ4v) is 4.44. The molecule has 168 valence electrons. The van der Waals surface area contributed by atoms with Crippen LogP contribution in [0.2, 0.25) is 0 Å². The Balaban J connectivity index is 1.28. The van der Waals surface area contributed by atoms with Gasteiger partial charge in [-0.3, -0.25) is 9.59 Å². The van der Waals surface area contributed by atoms with Crippen molar-refractivity contribution in [2.45, 2.75) is 19.4 Å². The molecule has 0 radical (unpaired) electrons. The van der Waals surface area contributed by atoms with Gasteiger partial charge in [-0.1, -0.05) is 30.3 Å². The monoisotopic (exact) mass is 441 g/mol. The molecule has 33 heavy (non-hydrogen) atoms. The number of para-hydroxylation sites is 1. The molecule has 1 aliphatic heterocycles. The number of furan rings is 1. The van der Waals surface area contributed by atoms with Crippen LogP contribution in [-0.4, -0.2) is 53.4 Å². The highest BCUT2D eigenvalue weighted by molar-refractivity contribution is 5.96. The third-order valence-electron chi connectivity index (χ3n) is 6.25. The van der Waals surface area contributed by atoms with Gasteiger partial charge in [0.1, 0.15) is 5.58 Å². The maximum Gasteiger partial charge on any atom is 0.289 e. The standard InChI is InChI=1S/C27H27N3O3/c1-28(2)27(32)25-17-22-16-20(9-10-24(22)33-25)21-7-5-13-30(18-21)26(31)12-15-29-14-11-19-6-3-4-8-23(19)29/h3-4,6-11,14,16-17H,5,12-13,15,18H2,1-2H3. The predicted octanol–water partition coefficient (Wildman–Crippen LogP) is 4.80. The van der Waals surface area contributed by atoms with Crippen LogP contribution in [-0.2, 0) is 11.3 Å². The van der Waals surface area contributed by atoms with Crippen molar-refractivity contribution in [3.05, 3.63) is 78.2 Å². The molecule has 2 amide bonds. The normalized spacial score (nSPS) is 14.0. The zero-order chi connectivity index (χ0) is 22.9. The van der Waals surface area contributed by atoms with Gasteiger partial charge in [0.05, 0.1) is 0 Å². The summed E-state index contributed by atoms with van der Waals surface area (Å²) in [7, 11) is 3.41. The highest BCUT2D eigenvalue weighted by atomic mass is 16.3. The Labute approximate surface area is 192 Å². The first-order valence-corrected chi connectivity index (χ1v) is 11.3. The SMILES string of the molecule is CN(C)C(=O)c1cc2cc(C3=CCCN(C(=O)CCn4ccc5ccccc54)C3)ccc2o1. The third-order valence-corrected chi connectivity index (χ3v) is 6.25. The Bertz CT molecular complexity index is 1380. The summed E-state index contributed by atoms with van der Waals surface area (Å²) in [6.45, 7) is 2.01. The summed E-state index contributed by atoms with van der Waals surface area (Å²) in [6.07, 6.45) is 5.56. The molecular formula is C27H27N3O3. The van der Waals surface area contributed by atoms with Crippen LogP contribution in [0, 0.1) is 0 Å². The second kappa shape index (κ2) is 8.62. The molecule has 4 aromatic rings. The summed E-state index contributed by atoms with van der Waals surface area (Å²) >= 11 is 0. The minimum absolute atomic E-state index is 0.156. The van der Waals surface area contributed by atoms with Gasteiger partial charge in [-0.05, 0) is 53.3 Å². The van der Waals surface area contributed by atoms with Crippen LogP contribution in [0.4, 0.5) is 0 Å². The molecule has 0 unspecified atom stereocenters. The number of nitrogens with zero attached hydrogens (tertiary/aromatic N) is 3. The molecule has 0 saturated carbocycles. The van der Waals surface area contributed by atoms with E-state index in [9.17, 15) is 9.59 Å². The van der Waals surface area contributed by atoms with Gasteiger partial charge in [0, 0.05) is 57.3 Å². The van der Waals surface area contributed by atoms with E-state index in [0.29, 0.717) is 30.9 Å². The van der Waals surface area contributed by atoms with Gasteiger partial charge in [-0.2, -0.15) is 0 Å². The number of carbonyl (C=O) groups is 2. The average Bonchev–Trinajstić information content (AvgIpc) is 3.45. The molecule has 6 heteroatoms. The summed E-state index contributed by atoms with van der Waals surface area (Å²) in [5.41, 5.74) is 4.03. The Morgan fingerprint density at radius 2 is 1.88 bits per heavy atom. The molecule has 0 aliphatic carbocycles. The molecule has 0 fully saturated rings. The number of aryl methyl sites for hydroxylation is 1. The lowest BCUT2D eigenvalue weighted by Gasteiger charge is -2.28. The molecule has 3 heterocycles. The second-order valence-electron chi connectivity index (χ2n) is 8.71. The van der Waals surface area contributed by atoms with Crippen LogP contribution < -0.4 is 0 Å². The van der Waals surface area contributed by atoms with Crippen molar-refractivity contribution in [3.8, 4) is 0 Å². The van der Waals surface area contributed by atoms with Crippen molar-refractivity contribution in [3.63, 3.8) is 0 Å². The van der Waals surface area contributed by atoms with E-state index in [1.807, 2.05) is 35.2 Å². The maximum atomic E-state index is 13.0. The van der Waals surface area contributed by atoms with Gasteiger partial charge in [-0.25, -0.2) is 0 Å². The fraction of sp³-hybridized carbons (Fsp3) is 0.259. The van der Waals surface area contributed by atoms with Gasteiger partial charge >= 0.3 is 0 Å². The molecule has 5 rings (SSSR count). The summed E-state index contributed by atoms with van der Waals surface area (Å²) in [5, 5.41) is 2.08. The quantitative estimate of drug-likeness (QED) is 0.447. The molecule has 0 bridgehead atoms. The lowest BCUT2D eigenvalue weighted by atomic mass is 9.99. The van der Waals surface area contributed by atoms with Crippen molar-refractivity contribution in [2.75, 3.05) is 27.2 Å². The number of benzene rings is 2. The first-order valence-electron chi connectivity index (χ1n) is 11.3. The Morgan fingerprint density at radius 1 is 1.03 bits per heavy atom. The maximum absolute atomic E-state index is 13.0. The Kier molecular flexibility index (Phi) is 5.50. The lowest BCUT2D eigenvalue weighted by Crippen LogP contribution is -2.35. The lowest BCUT2D eigenvalue weighted by molar-refractivity contribution is -0.130. The van der Waals surface area contributed by atoms with Gasteiger partial charge in [0.25, 0.3) is 5.91 Å². The first kappa shape index (κ1) is 21.1. The van der Waals surface area contributed by atoms with Crippen LogP contribution in [0.3, 0.4) is 0 Å². The second-order valence-corrected chi connectivity index (χ2v) is 8.71. The molecule has 0 spiro atoms. The Morgan fingerprint density at radius 3 is 2.73 bits per heavy atom. The summed E-state index contributed by atoms with van der Waals surface area (Å²) in [4.78, 5) is 28.6. The molecular weight excluding hydrogens is 414 g/mol. The van der Waals surface area contributed by atoms with Crippen molar-refractivity contribution >= 4 is 39.3 Å². The zero-order valence-corrected chi connectivity index (χ0v) is 19.0. The highest BCUT2D eigenvalue weighted by Gasteiger charge is 2.20. The fourth-order valence-electron chi connectivity index (χ4n) is 4.44. The van der Waals surface area contributed by atoms with Crippen LogP contribution in [0.5, 0.6) is 0 Å². The van der Waals surface area contributed by atoms with E-state index in [0.717, 1.165) is 35.0 Å². The van der Waals surface area contributed by atoms with E-state index in [1.54, 1.807) is 20.2 Å². The van der Waals surface area contributed by atoms with Crippen molar-refractivity contribution in [1.82, 2.24) is 14.4 Å². The molecule has 2 aromatic heterocycles. The average molecular weight is 442 g/mol. The van der Waals surface area contributed by atoms with Gasteiger partial charge in [0.15, 0.2) is 5.76 Å². The van der Waals surface area contributed by atoms with E-state index in [4.69, 9.17) is 4.42 Å². The smallest absolute Gasteiger partial charge is 0.289 e. The predicted molar refractivity (Wildman–Crippen MR) is 130 cm³/mol. The van der Waals surface area contributed by atoms with E-state index in [1.165, 1.54) is 10.3 Å². The van der Waals surface area contributed by atoms with E-state index < -0.39 is 0 Å². The largest absolute Gasteiger partial charge is 0.451 e. The minimum Gasteiger partial charge on any atom is -0.451 e. The molecule has 2 aromatic carbocycles. The van der Waals surface area contributed by atoms with Crippen molar-refractivity contribution in [1.29, 1.82) is 0 Å². The van der Waals surface area contributed by atoms with Crippen molar-refractivity contribution in [2.24, 2.45) is 0 Å². The number of hydrogen-bond acceptors (Lipinski definition) is 3. The van der Waals surface area contributed by atoms with E-state index in [2.05, 4.69) is 35.0 Å². The van der Waals surface area contributed by atoms with Crippen LogP contribution in [0.1, 0.15) is 29.0 Å². The van der Waals surface area contributed by atoms with E-state index >= 15 is 0 Å². The van der Waals surface area contributed by atoms with Crippen molar-refractivity contribution < 1.29 is 14.0 Å². The Hall–Kier alpha value is -3.80. The molecule has 6 nitrogen and oxygen atoms in total. The van der Waals surface area contributed by atoms with Crippen LogP contribution >= 0.6 is 0 Å². The van der Waals surface area contributed by atoms with Gasteiger partial charge in [0.2, 0.25) is 5.91 Å². The topological polar surface area (TPSA) is 58.7 Å². The highest BCUT2D eigenvalue weighted by Crippen LogP contribution is 2.27. The van der Waals surface area contributed by atoms with Gasteiger partial charge < -0.3 is 18.8 Å². The summed E-state index contributed by atoms with van der Waals surface area (Å²) in [6, 6.07) is 18.0. The molecule has 1 aliphatic rings. The summed E-state index contributed by atoms with van der Waals surface area (Å²) in [5.74, 6) is 0.345. The number of rotatable bonds is 5. The first-order chi connectivity index (χ1) is 16.0. The number of aromatic nitrogens is 1. The number of fused-ring (bicyclic) bond motifs is 2. The number of hydrogen-bond donors (Lipinski definition) is 0. The molecule has 0 saturated heterocycles. The van der Waals surface area contributed by atoms with Crippen LogP contribution in [0.25, 0.3) is 27.4 Å². The number of carbonyl (C=O) groups excluding carboxylic acids is 2.